The predicted octanol–water partition coefficient (Wildman–Crippen LogP) is 11.3. The minimum atomic E-state index is 0.787. The first kappa shape index (κ1) is 26.4. The lowest BCUT2D eigenvalue weighted by molar-refractivity contribution is 0.669. The van der Waals surface area contributed by atoms with Crippen LogP contribution in [0.4, 0.5) is 0 Å². The first-order valence-corrected chi connectivity index (χ1v) is 16.3. The Kier molecular flexibility index (Phi) is 5.65. The molecule has 6 heteroatoms. The molecular weight excluding hydrogens is 644 g/mol. The van der Waals surface area contributed by atoms with Crippen molar-refractivity contribution in [2.75, 3.05) is 0 Å². The molecule has 4 aromatic heterocycles. The van der Waals surface area contributed by atoms with Gasteiger partial charge in [-0.25, -0.2) is 9.97 Å². The number of halogens is 1. The van der Waals surface area contributed by atoms with Crippen molar-refractivity contribution in [3.63, 3.8) is 0 Å². The second kappa shape index (κ2) is 10.1. The Bertz CT molecular complexity index is 2870. The van der Waals surface area contributed by atoms with Gasteiger partial charge >= 0.3 is 0 Å². The van der Waals surface area contributed by atoms with E-state index in [2.05, 4.69) is 104 Å². The van der Waals surface area contributed by atoms with E-state index in [1.54, 1.807) is 6.20 Å². The average Bonchev–Trinajstić information content (AvgIpc) is 3.66. The predicted molar refractivity (Wildman–Crippen MR) is 195 cm³/mol. The van der Waals surface area contributed by atoms with Crippen molar-refractivity contribution in [1.29, 1.82) is 0 Å². The third-order valence-corrected chi connectivity index (χ3v) is 9.96. The molecule has 5 nitrogen and oxygen atoms in total. The summed E-state index contributed by atoms with van der Waals surface area (Å²) in [4.78, 5) is 14.7. The van der Waals surface area contributed by atoms with E-state index >= 15 is 0 Å². The van der Waals surface area contributed by atoms with Gasteiger partial charge in [0.2, 0.25) is 0 Å². The maximum atomic E-state index is 6.38. The third kappa shape index (κ3) is 3.92. The number of fused-ring (bicyclic) bond motifs is 9. The maximum Gasteiger partial charge on any atom is 0.136 e. The number of furan rings is 1. The summed E-state index contributed by atoms with van der Waals surface area (Å²) in [6, 6.07) is 44.1. The normalized spacial score (nSPS) is 11.9. The van der Waals surface area contributed by atoms with Gasteiger partial charge in [0.25, 0.3) is 0 Å². The monoisotopic (exact) mass is 666 g/mol. The van der Waals surface area contributed by atoms with Gasteiger partial charge in [-0.1, -0.05) is 72.8 Å². The Labute approximate surface area is 276 Å². The lowest BCUT2D eigenvalue weighted by atomic mass is 10.0. The lowest BCUT2D eigenvalue weighted by Crippen LogP contribution is -2.00. The van der Waals surface area contributed by atoms with Crippen molar-refractivity contribution < 1.29 is 4.42 Å². The van der Waals surface area contributed by atoms with Crippen molar-refractivity contribution in [3.05, 3.63) is 144 Å². The molecule has 0 aliphatic heterocycles. The van der Waals surface area contributed by atoms with Crippen LogP contribution in [0.5, 0.6) is 0 Å². The van der Waals surface area contributed by atoms with E-state index in [1.807, 2.05) is 54.7 Å². The second-order valence-electron chi connectivity index (χ2n) is 11.8. The molecular formula is C41H23BrN4O. The number of benzene rings is 6. The van der Waals surface area contributed by atoms with E-state index in [9.17, 15) is 0 Å². The summed E-state index contributed by atoms with van der Waals surface area (Å²) >= 11 is 4.09. The number of rotatable bonds is 3. The minimum absolute atomic E-state index is 0.787. The van der Waals surface area contributed by atoms with Gasteiger partial charge in [0.05, 0.1) is 43.6 Å². The zero-order valence-corrected chi connectivity index (χ0v) is 26.4. The Balaban J connectivity index is 1.29. The number of para-hydroxylation sites is 4. The molecule has 10 aromatic rings. The zero-order chi connectivity index (χ0) is 31.1. The molecule has 0 bridgehead atoms. The van der Waals surface area contributed by atoms with Crippen LogP contribution in [-0.4, -0.2) is 19.5 Å². The van der Waals surface area contributed by atoms with Crippen LogP contribution in [0.25, 0.3) is 93.8 Å². The lowest BCUT2D eigenvalue weighted by Gasteiger charge is -2.16. The van der Waals surface area contributed by atoms with Crippen LogP contribution < -0.4 is 0 Å². The third-order valence-electron chi connectivity index (χ3n) is 9.13. The number of pyridine rings is 1. The highest BCUT2D eigenvalue weighted by Gasteiger charge is 2.22. The van der Waals surface area contributed by atoms with Gasteiger partial charge in [-0.05, 0) is 75.9 Å². The number of aromatic nitrogens is 4. The Hall–Kier alpha value is -5.85. The molecule has 6 aromatic carbocycles. The standard InChI is InChI=1S/C41H23BrN4O/c42-38-29(40-39(25-9-8-20-43-23-25)44-32-13-3-4-14-33(32)45-40)12-7-16-35(38)46-34-15-5-1-10-26(34)28-19-18-24-21-31-27-11-2-6-17-36(27)47-37(31)22-30(24)41(28)46/h1-23H. The van der Waals surface area contributed by atoms with Crippen molar-refractivity contribution in [3.8, 4) is 28.2 Å². The molecule has 4 heterocycles. The van der Waals surface area contributed by atoms with Gasteiger partial charge < -0.3 is 8.98 Å². The molecule has 220 valence electrons. The molecule has 0 aliphatic carbocycles. The summed E-state index contributed by atoms with van der Waals surface area (Å²) in [5.41, 5.74) is 10.2. The van der Waals surface area contributed by atoms with Crippen molar-refractivity contribution in [2.24, 2.45) is 0 Å². The van der Waals surface area contributed by atoms with E-state index < -0.39 is 0 Å². The van der Waals surface area contributed by atoms with Gasteiger partial charge in [0.1, 0.15) is 11.2 Å². The zero-order valence-electron chi connectivity index (χ0n) is 24.9. The summed E-state index contributed by atoms with van der Waals surface area (Å²) in [5.74, 6) is 0. The summed E-state index contributed by atoms with van der Waals surface area (Å²) in [7, 11) is 0. The van der Waals surface area contributed by atoms with E-state index in [1.165, 1.54) is 10.8 Å². The van der Waals surface area contributed by atoms with Crippen LogP contribution in [0.2, 0.25) is 0 Å². The van der Waals surface area contributed by atoms with Crippen molar-refractivity contribution in [1.82, 2.24) is 19.5 Å². The van der Waals surface area contributed by atoms with Gasteiger partial charge in [0.15, 0.2) is 0 Å². The number of hydrogen-bond acceptors (Lipinski definition) is 4. The summed E-state index contributed by atoms with van der Waals surface area (Å²) in [5, 5.41) is 6.91. The second-order valence-corrected chi connectivity index (χ2v) is 12.6. The number of hydrogen-bond donors (Lipinski definition) is 0. The van der Waals surface area contributed by atoms with Crippen LogP contribution in [0, 0.1) is 0 Å². The molecule has 0 saturated carbocycles. The highest BCUT2D eigenvalue weighted by Crippen LogP contribution is 2.43. The van der Waals surface area contributed by atoms with Crippen molar-refractivity contribution >= 4 is 81.5 Å². The fourth-order valence-electron chi connectivity index (χ4n) is 7.02. The summed E-state index contributed by atoms with van der Waals surface area (Å²) in [6.07, 6.45) is 3.62. The van der Waals surface area contributed by atoms with Crippen LogP contribution in [0.15, 0.2) is 149 Å². The van der Waals surface area contributed by atoms with Crippen LogP contribution in [0.3, 0.4) is 0 Å². The van der Waals surface area contributed by atoms with Gasteiger partial charge in [-0.15, -0.1) is 0 Å². The SMILES string of the molecule is Brc1c(-c2nc3ccccc3nc2-c2cccnc2)cccc1-n1c2ccccc2c2ccc3cc4c(cc3c21)oc1ccccc14. The first-order valence-electron chi connectivity index (χ1n) is 15.5. The van der Waals surface area contributed by atoms with Crippen LogP contribution in [0.1, 0.15) is 0 Å². The largest absolute Gasteiger partial charge is 0.456 e. The smallest absolute Gasteiger partial charge is 0.136 e. The highest BCUT2D eigenvalue weighted by molar-refractivity contribution is 9.10. The highest BCUT2D eigenvalue weighted by atomic mass is 79.9. The molecule has 10 rings (SSSR count). The Morgan fingerprint density at radius 3 is 2.21 bits per heavy atom. The molecule has 0 atom stereocenters. The molecule has 0 fully saturated rings. The van der Waals surface area contributed by atoms with Gasteiger partial charge in [0, 0.05) is 50.5 Å². The molecule has 0 unspecified atom stereocenters. The quantitative estimate of drug-likeness (QED) is 0.188. The summed E-state index contributed by atoms with van der Waals surface area (Å²) < 4.78 is 9.68. The first-order chi connectivity index (χ1) is 23.2. The molecule has 0 spiro atoms. The van der Waals surface area contributed by atoms with E-state index in [4.69, 9.17) is 14.4 Å². The van der Waals surface area contributed by atoms with Crippen LogP contribution >= 0.6 is 15.9 Å². The maximum absolute atomic E-state index is 6.38. The van der Waals surface area contributed by atoms with E-state index in [-0.39, 0.29) is 0 Å². The Morgan fingerprint density at radius 2 is 1.36 bits per heavy atom. The average molecular weight is 668 g/mol. The van der Waals surface area contributed by atoms with Crippen molar-refractivity contribution in [2.45, 2.75) is 0 Å². The summed E-state index contributed by atoms with van der Waals surface area (Å²) in [6.45, 7) is 0. The Morgan fingerprint density at radius 1 is 0.574 bits per heavy atom. The molecule has 0 saturated heterocycles. The van der Waals surface area contributed by atoms with E-state index in [0.29, 0.717) is 0 Å². The van der Waals surface area contributed by atoms with E-state index in [0.717, 1.165) is 87.5 Å². The van der Waals surface area contributed by atoms with Gasteiger partial charge in [-0.2, -0.15) is 0 Å². The molecule has 0 N–H and O–H groups in total. The molecule has 0 radical (unpaired) electrons. The van der Waals surface area contributed by atoms with Crippen LogP contribution in [-0.2, 0) is 0 Å². The molecule has 0 amide bonds. The topological polar surface area (TPSA) is 56.7 Å². The minimum Gasteiger partial charge on any atom is -0.456 e. The fraction of sp³-hybridized carbons (Fsp3) is 0. The molecule has 47 heavy (non-hydrogen) atoms. The molecule has 0 aliphatic rings. The fourth-order valence-corrected chi connectivity index (χ4v) is 7.65. The number of nitrogens with zero attached hydrogens (tertiary/aromatic N) is 4. The van der Waals surface area contributed by atoms with Gasteiger partial charge in [-0.3, -0.25) is 4.98 Å².